The van der Waals surface area contributed by atoms with Gasteiger partial charge < -0.3 is 9.47 Å². The molecule has 0 amide bonds. The zero-order valence-electron chi connectivity index (χ0n) is 11.9. The SMILES string of the molecule is CC.CC.COc1c(C)ccc(C#N)c1OC. The van der Waals surface area contributed by atoms with Gasteiger partial charge in [-0.15, -0.1) is 0 Å². The first kappa shape index (κ1) is 17.7. The van der Waals surface area contributed by atoms with E-state index in [2.05, 4.69) is 0 Å². The minimum absolute atomic E-state index is 0.491. The van der Waals surface area contributed by atoms with Crippen LogP contribution in [0.1, 0.15) is 38.8 Å². The molecule has 0 atom stereocenters. The van der Waals surface area contributed by atoms with Gasteiger partial charge in [-0.3, -0.25) is 0 Å². The van der Waals surface area contributed by atoms with Gasteiger partial charge in [0.1, 0.15) is 6.07 Å². The standard InChI is InChI=1S/C10H11NO2.2C2H6/c1-7-4-5-8(6-11)10(13-3)9(7)12-2;2*1-2/h4-5H,1-3H3;2*1-2H3. The molecule has 0 heterocycles. The number of ether oxygens (including phenoxy) is 2. The molecule has 0 saturated heterocycles. The summed E-state index contributed by atoms with van der Waals surface area (Å²) in [6, 6.07) is 5.60. The topological polar surface area (TPSA) is 42.2 Å². The summed E-state index contributed by atoms with van der Waals surface area (Å²) in [5.74, 6) is 1.13. The number of methoxy groups -OCH3 is 2. The van der Waals surface area contributed by atoms with E-state index in [1.165, 1.54) is 7.11 Å². The summed E-state index contributed by atoms with van der Waals surface area (Å²) in [6.07, 6.45) is 0. The maximum atomic E-state index is 8.77. The second kappa shape index (κ2) is 10.8. The Bertz CT molecular complexity index is 354. The van der Waals surface area contributed by atoms with Gasteiger partial charge in [-0.25, -0.2) is 0 Å². The molecule has 3 nitrogen and oxygen atoms in total. The maximum absolute atomic E-state index is 8.77. The van der Waals surface area contributed by atoms with E-state index in [-0.39, 0.29) is 0 Å². The van der Waals surface area contributed by atoms with Gasteiger partial charge in [0.05, 0.1) is 19.8 Å². The van der Waals surface area contributed by atoms with Crippen LogP contribution in [0.25, 0.3) is 0 Å². The van der Waals surface area contributed by atoms with Crippen molar-refractivity contribution in [2.75, 3.05) is 14.2 Å². The Hall–Kier alpha value is -1.69. The number of hydrogen-bond donors (Lipinski definition) is 0. The first-order valence-electron chi connectivity index (χ1n) is 5.86. The normalized spacial score (nSPS) is 7.65. The van der Waals surface area contributed by atoms with Crippen LogP contribution in [0.4, 0.5) is 0 Å². The van der Waals surface area contributed by atoms with Crippen LogP contribution in [0.3, 0.4) is 0 Å². The fourth-order valence-electron chi connectivity index (χ4n) is 1.21. The molecule has 0 unspecified atom stereocenters. The molecule has 0 N–H and O–H groups in total. The predicted molar refractivity (Wildman–Crippen MR) is 71.7 cm³/mol. The monoisotopic (exact) mass is 237 g/mol. The molecule has 0 aromatic heterocycles. The smallest absolute Gasteiger partial charge is 0.178 e. The molecule has 0 aliphatic carbocycles. The third-order valence-electron chi connectivity index (χ3n) is 1.84. The highest BCUT2D eigenvalue weighted by Crippen LogP contribution is 2.33. The van der Waals surface area contributed by atoms with Gasteiger partial charge in [0.15, 0.2) is 11.5 Å². The Kier molecular flexibility index (Phi) is 11.3. The van der Waals surface area contributed by atoms with Crippen LogP contribution in [0.2, 0.25) is 0 Å². The molecule has 0 saturated carbocycles. The van der Waals surface area contributed by atoms with Crippen LogP contribution in [0, 0.1) is 18.3 Å². The van der Waals surface area contributed by atoms with Crippen LogP contribution >= 0.6 is 0 Å². The molecule has 17 heavy (non-hydrogen) atoms. The summed E-state index contributed by atoms with van der Waals surface area (Å²) in [4.78, 5) is 0. The van der Waals surface area contributed by atoms with Crippen molar-refractivity contribution >= 4 is 0 Å². The molecule has 0 fully saturated rings. The average molecular weight is 237 g/mol. The first-order valence-corrected chi connectivity index (χ1v) is 5.86. The van der Waals surface area contributed by atoms with Crippen LogP contribution < -0.4 is 9.47 Å². The van der Waals surface area contributed by atoms with Crippen LogP contribution in [0.15, 0.2) is 12.1 Å². The second-order valence-corrected chi connectivity index (χ2v) is 2.61. The van der Waals surface area contributed by atoms with Crippen molar-refractivity contribution < 1.29 is 9.47 Å². The molecular weight excluding hydrogens is 214 g/mol. The van der Waals surface area contributed by atoms with Gasteiger partial charge in [0.25, 0.3) is 0 Å². The van der Waals surface area contributed by atoms with Crippen molar-refractivity contribution in [1.82, 2.24) is 0 Å². The third kappa shape index (κ3) is 4.78. The molecule has 3 heteroatoms. The molecule has 0 radical (unpaired) electrons. The van der Waals surface area contributed by atoms with Crippen molar-refractivity contribution in [3.8, 4) is 17.6 Å². The molecule has 1 aromatic carbocycles. The van der Waals surface area contributed by atoms with Gasteiger partial charge in [-0.1, -0.05) is 33.8 Å². The fraction of sp³-hybridized carbons (Fsp3) is 0.500. The third-order valence-corrected chi connectivity index (χ3v) is 1.84. The van der Waals surface area contributed by atoms with Crippen molar-refractivity contribution in [3.63, 3.8) is 0 Å². The Morgan fingerprint density at radius 3 is 1.76 bits per heavy atom. The molecule has 96 valence electrons. The summed E-state index contributed by atoms with van der Waals surface area (Å²) in [6.45, 7) is 9.91. The summed E-state index contributed by atoms with van der Waals surface area (Å²) in [5, 5.41) is 8.77. The van der Waals surface area contributed by atoms with E-state index in [1.54, 1.807) is 13.2 Å². The van der Waals surface area contributed by atoms with Crippen molar-refractivity contribution in [3.05, 3.63) is 23.3 Å². The molecule has 0 bridgehead atoms. The number of nitriles is 1. The number of hydrogen-bond acceptors (Lipinski definition) is 3. The predicted octanol–water partition coefficient (Wildman–Crippen LogP) is 3.94. The fourth-order valence-corrected chi connectivity index (χ4v) is 1.21. The van der Waals surface area contributed by atoms with Crippen LogP contribution in [0.5, 0.6) is 11.5 Å². The lowest BCUT2D eigenvalue weighted by molar-refractivity contribution is 0.352. The van der Waals surface area contributed by atoms with E-state index in [0.29, 0.717) is 17.1 Å². The second-order valence-electron chi connectivity index (χ2n) is 2.61. The first-order chi connectivity index (χ1) is 8.24. The number of nitrogens with zero attached hydrogens (tertiary/aromatic N) is 1. The summed E-state index contributed by atoms with van der Waals surface area (Å²) < 4.78 is 10.2. The van der Waals surface area contributed by atoms with E-state index in [9.17, 15) is 0 Å². The Labute approximate surface area is 105 Å². The quantitative estimate of drug-likeness (QED) is 0.782. The van der Waals surface area contributed by atoms with E-state index in [4.69, 9.17) is 14.7 Å². The van der Waals surface area contributed by atoms with E-state index >= 15 is 0 Å². The summed E-state index contributed by atoms with van der Waals surface area (Å²) >= 11 is 0. The van der Waals surface area contributed by atoms with Gasteiger partial charge in [-0.05, 0) is 18.6 Å². The Balaban J connectivity index is 0. The lowest BCUT2D eigenvalue weighted by atomic mass is 10.1. The minimum atomic E-state index is 0.491. The van der Waals surface area contributed by atoms with Gasteiger partial charge in [-0.2, -0.15) is 5.26 Å². The molecule has 1 aromatic rings. The largest absolute Gasteiger partial charge is 0.493 e. The van der Waals surface area contributed by atoms with E-state index < -0.39 is 0 Å². The zero-order chi connectivity index (χ0) is 13.8. The molecule has 0 aliphatic rings. The van der Waals surface area contributed by atoms with E-state index in [1.807, 2.05) is 46.8 Å². The highest BCUT2D eigenvalue weighted by Gasteiger charge is 2.11. The zero-order valence-corrected chi connectivity index (χ0v) is 11.9. The summed E-state index contributed by atoms with van der Waals surface area (Å²) in [5.41, 5.74) is 1.45. The van der Waals surface area contributed by atoms with E-state index in [0.717, 1.165) is 5.56 Å². The van der Waals surface area contributed by atoms with Crippen LogP contribution in [-0.2, 0) is 0 Å². The minimum Gasteiger partial charge on any atom is -0.493 e. The highest BCUT2D eigenvalue weighted by molar-refractivity contribution is 5.56. The van der Waals surface area contributed by atoms with Gasteiger partial charge >= 0.3 is 0 Å². The molecule has 0 spiro atoms. The molecule has 0 aliphatic heterocycles. The number of benzene rings is 1. The van der Waals surface area contributed by atoms with Crippen molar-refractivity contribution in [2.24, 2.45) is 0 Å². The molecule has 1 rings (SSSR count). The van der Waals surface area contributed by atoms with Gasteiger partial charge in [0, 0.05) is 0 Å². The van der Waals surface area contributed by atoms with Crippen LogP contribution in [-0.4, -0.2) is 14.2 Å². The Morgan fingerprint density at radius 2 is 1.41 bits per heavy atom. The maximum Gasteiger partial charge on any atom is 0.178 e. The lowest BCUT2D eigenvalue weighted by Gasteiger charge is -2.10. The van der Waals surface area contributed by atoms with Crippen molar-refractivity contribution in [1.29, 1.82) is 5.26 Å². The lowest BCUT2D eigenvalue weighted by Crippen LogP contribution is -1.95. The molecular formula is C14H23NO2. The number of rotatable bonds is 2. The summed E-state index contributed by atoms with van der Waals surface area (Å²) in [7, 11) is 3.09. The highest BCUT2D eigenvalue weighted by atomic mass is 16.5. The average Bonchev–Trinajstić information content (AvgIpc) is 2.42. The van der Waals surface area contributed by atoms with Crippen molar-refractivity contribution in [2.45, 2.75) is 34.6 Å². The Morgan fingerprint density at radius 1 is 0.941 bits per heavy atom. The number of aryl methyl sites for hydroxylation is 1. The van der Waals surface area contributed by atoms with Gasteiger partial charge in [0.2, 0.25) is 0 Å².